The van der Waals surface area contributed by atoms with E-state index in [1.54, 1.807) is 19.3 Å². The molecule has 1 aliphatic rings. The van der Waals surface area contributed by atoms with E-state index in [0.717, 1.165) is 11.4 Å². The van der Waals surface area contributed by atoms with Gasteiger partial charge in [0.05, 0.1) is 18.3 Å². The third-order valence-corrected chi connectivity index (χ3v) is 4.46. The van der Waals surface area contributed by atoms with Crippen molar-refractivity contribution >= 4 is 17.6 Å². The minimum Gasteiger partial charge on any atom is -0.372 e. The van der Waals surface area contributed by atoms with E-state index in [9.17, 15) is 14.0 Å². The first kappa shape index (κ1) is 22.4. The highest BCUT2D eigenvalue weighted by Gasteiger charge is 2.38. The number of alkyl halides is 1. The Balaban J connectivity index is 1.78. The van der Waals surface area contributed by atoms with E-state index in [1.165, 1.54) is 11.0 Å². The predicted molar refractivity (Wildman–Crippen MR) is 110 cm³/mol. The van der Waals surface area contributed by atoms with E-state index in [-0.39, 0.29) is 24.8 Å². The SMILES string of the molecule is CNc1[nH]ncc1C#CCCCNC(=O)C1C[C@H](F)CN1C(=O)/C=C/CN(C)C. The zero-order chi connectivity index (χ0) is 21.2. The van der Waals surface area contributed by atoms with Crippen LogP contribution in [0.15, 0.2) is 18.3 Å². The van der Waals surface area contributed by atoms with Gasteiger partial charge in [-0.1, -0.05) is 17.9 Å². The lowest BCUT2D eigenvalue weighted by atomic mass is 10.2. The Labute approximate surface area is 170 Å². The maximum absolute atomic E-state index is 13.8. The number of hydrogen-bond acceptors (Lipinski definition) is 5. The van der Waals surface area contributed by atoms with Gasteiger partial charge in [0.15, 0.2) is 0 Å². The normalized spacial score (nSPS) is 18.7. The van der Waals surface area contributed by atoms with Crippen LogP contribution in [-0.4, -0.2) is 84.8 Å². The fraction of sp³-hybridized carbons (Fsp3) is 0.550. The summed E-state index contributed by atoms with van der Waals surface area (Å²) in [6.07, 6.45) is 4.87. The van der Waals surface area contributed by atoms with E-state index in [4.69, 9.17) is 0 Å². The van der Waals surface area contributed by atoms with E-state index >= 15 is 0 Å². The van der Waals surface area contributed by atoms with Gasteiger partial charge >= 0.3 is 0 Å². The number of carbonyl (C=O) groups is 2. The largest absolute Gasteiger partial charge is 0.372 e. The zero-order valence-corrected chi connectivity index (χ0v) is 17.2. The second-order valence-electron chi connectivity index (χ2n) is 7.11. The number of carbonyl (C=O) groups excluding carboxylic acids is 2. The Morgan fingerprint density at radius 3 is 3.00 bits per heavy atom. The number of nitrogens with zero attached hydrogens (tertiary/aromatic N) is 3. The molecule has 29 heavy (non-hydrogen) atoms. The summed E-state index contributed by atoms with van der Waals surface area (Å²) in [4.78, 5) is 28.0. The molecular formula is C20H29FN6O2. The molecule has 1 aliphatic heterocycles. The van der Waals surface area contributed by atoms with E-state index in [0.29, 0.717) is 25.9 Å². The van der Waals surface area contributed by atoms with Crippen molar-refractivity contribution in [2.24, 2.45) is 0 Å². The fourth-order valence-electron chi connectivity index (χ4n) is 2.97. The van der Waals surface area contributed by atoms with Gasteiger partial charge in [-0.2, -0.15) is 5.10 Å². The van der Waals surface area contributed by atoms with Crippen LogP contribution in [0.25, 0.3) is 0 Å². The molecule has 2 atom stereocenters. The number of H-pyrrole nitrogens is 1. The molecule has 2 amide bonds. The summed E-state index contributed by atoms with van der Waals surface area (Å²) in [5, 5.41) is 12.5. The van der Waals surface area contributed by atoms with Crippen molar-refractivity contribution in [1.82, 2.24) is 25.3 Å². The van der Waals surface area contributed by atoms with Crippen molar-refractivity contribution in [1.29, 1.82) is 0 Å². The molecule has 0 aromatic carbocycles. The lowest BCUT2D eigenvalue weighted by Crippen LogP contribution is -2.45. The van der Waals surface area contributed by atoms with Gasteiger partial charge < -0.3 is 20.4 Å². The van der Waals surface area contributed by atoms with Gasteiger partial charge in [-0.15, -0.1) is 0 Å². The van der Waals surface area contributed by atoms with Gasteiger partial charge in [-0.3, -0.25) is 14.7 Å². The van der Waals surface area contributed by atoms with Crippen molar-refractivity contribution in [2.75, 3.05) is 46.1 Å². The molecule has 2 rings (SSSR count). The van der Waals surface area contributed by atoms with E-state index in [2.05, 4.69) is 32.7 Å². The average Bonchev–Trinajstić information content (AvgIpc) is 3.30. The lowest BCUT2D eigenvalue weighted by molar-refractivity contribution is -0.135. The van der Waals surface area contributed by atoms with Gasteiger partial charge in [0.2, 0.25) is 11.8 Å². The molecule has 2 heterocycles. The molecule has 0 saturated carbocycles. The number of likely N-dealkylation sites (N-methyl/N-ethyl adjacent to an activating group) is 1. The van der Waals surface area contributed by atoms with Gasteiger partial charge in [0.25, 0.3) is 0 Å². The number of nitrogens with one attached hydrogen (secondary N) is 3. The number of anilines is 1. The highest BCUT2D eigenvalue weighted by atomic mass is 19.1. The summed E-state index contributed by atoms with van der Waals surface area (Å²) in [5.41, 5.74) is 0.785. The quantitative estimate of drug-likeness (QED) is 0.338. The summed E-state index contributed by atoms with van der Waals surface area (Å²) in [6, 6.07) is -0.767. The number of amides is 2. The van der Waals surface area contributed by atoms with Crippen molar-refractivity contribution in [3.05, 3.63) is 23.9 Å². The van der Waals surface area contributed by atoms with E-state index in [1.807, 2.05) is 19.0 Å². The predicted octanol–water partition coefficient (Wildman–Crippen LogP) is 0.756. The number of unbranched alkanes of at least 4 members (excludes halogenated alkanes) is 1. The molecule has 1 saturated heterocycles. The molecule has 1 aromatic rings. The standard InChI is InChI=1S/C20H29FN6O2/c1-22-19-15(13-24-25-19)8-5-4-6-10-23-20(29)17-12-16(21)14-27(17)18(28)9-7-11-26(2)3/h7,9,13,16-17H,4,6,10-12,14H2,1-3H3,(H,23,29)(H2,22,24,25)/b9-7+/t16-,17?/m0/s1. The maximum atomic E-state index is 13.8. The van der Waals surface area contributed by atoms with Crippen molar-refractivity contribution in [2.45, 2.75) is 31.5 Å². The second-order valence-corrected chi connectivity index (χ2v) is 7.11. The number of aromatic amines is 1. The molecule has 1 aromatic heterocycles. The molecule has 158 valence electrons. The van der Waals surface area contributed by atoms with Crippen LogP contribution in [0.3, 0.4) is 0 Å². The molecule has 0 radical (unpaired) electrons. The van der Waals surface area contributed by atoms with Crippen molar-refractivity contribution in [3.63, 3.8) is 0 Å². The Bertz CT molecular complexity index is 779. The van der Waals surface area contributed by atoms with Gasteiger partial charge in [0, 0.05) is 39.1 Å². The molecule has 1 unspecified atom stereocenters. The summed E-state index contributed by atoms with van der Waals surface area (Å²) in [7, 11) is 5.56. The molecular weight excluding hydrogens is 375 g/mol. The van der Waals surface area contributed by atoms with Crippen molar-refractivity contribution in [3.8, 4) is 11.8 Å². The number of rotatable bonds is 8. The second kappa shape index (κ2) is 11.2. The summed E-state index contributed by atoms with van der Waals surface area (Å²) in [6.45, 7) is 0.974. The summed E-state index contributed by atoms with van der Waals surface area (Å²) >= 11 is 0. The summed E-state index contributed by atoms with van der Waals surface area (Å²) < 4.78 is 13.8. The first-order chi connectivity index (χ1) is 13.9. The highest BCUT2D eigenvalue weighted by Crippen LogP contribution is 2.21. The Hall–Kier alpha value is -2.86. The first-order valence-corrected chi connectivity index (χ1v) is 9.66. The molecule has 0 spiro atoms. The van der Waals surface area contributed by atoms with Crippen LogP contribution in [-0.2, 0) is 9.59 Å². The van der Waals surface area contributed by atoms with Gasteiger partial charge in [0.1, 0.15) is 18.0 Å². The first-order valence-electron chi connectivity index (χ1n) is 9.66. The molecule has 1 fully saturated rings. The van der Waals surface area contributed by atoms with Crippen molar-refractivity contribution < 1.29 is 14.0 Å². The minimum absolute atomic E-state index is 0.0339. The Morgan fingerprint density at radius 1 is 1.48 bits per heavy atom. The number of halogens is 1. The summed E-state index contributed by atoms with van der Waals surface area (Å²) in [5.74, 6) is 6.15. The maximum Gasteiger partial charge on any atom is 0.247 e. The average molecular weight is 404 g/mol. The molecule has 8 nitrogen and oxygen atoms in total. The van der Waals surface area contributed by atoms with Crippen LogP contribution in [0.5, 0.6) is 0 Å². The van der Waals surface area contributed by atoms with Crippen LogP contribution < -0.4 is 10.6 Å². The van der Waals surface area contributed by atoms with Crippen LogP contribution in [0.1, 0.15) is 24.8 Å². The van der Waals surface area contributed by atoms with Crippen LogP contribution in [0.2, 0.25) is 0 Å². The third-order valence-electron chi connectivity index (χ3n) is 4.46. The molecule has 3 N–H and O–H groups in total. The molecule has 9 heteroatoms. The number of likely N-dealkylation sites (tertiary alicyclic amines) is 1. The van der Waals surface area contributed by atoms with Crippen LogP contribution in [0.4, 0.5) is 10.2 Å². The minimum atomic E-state index is -1.18. The smallest absolute Gasteiger partial charge is 0.247 e. The topological polar surface area (TPSA) is 93.4 Å². The fourth-order valence-corrected chi connectivity index (χ4v) is 2.97. The van der Waals surface area contributed by atoms with Gasteiger partial charge in [-0.25, -0.2) is 4.39 Å². The van der Waals surface area contributed by atoms with Gasteiger partial charge in [-0.05, 0) is 20.5 Å². The lowest BCUT2D eigenvalue weighted by Gasteiger charge is -2.22. The van der Waals surface area contributed by atoms with Crippen LogP contribution >= 0.6 is 0 Å². The highest BCUT2D eigenvalue weighted by molar-refractivity contribution is 5.93. The molecule has 0 bridgehead atoms. The molecule has 0 aliphatic carbocycles. The van der Waals surface area contributed by atoms with Crippen LogP contribution in [0, 0.1) is 11.8 Å². The Kier molecular flexibility index (Phi) is 8.68. The number of aromatic nitrogens is 2. The Morgan fingerprint density at radius 2 is 2.28 bits per heavy atom. The monoisotopic (exact) mass is 404 g/mol. The van der Waals surface area contributed by atoms with E-state index < -0.39 is 12.2 Å². The zero-order valence-electron chi connectivity index (χ0n) is 17.2. The third kappa shape index (κ3) is 6.91. The number of hydrogen-bond donors (Lipinski definition) is 3.